The number of carbonyl (C=O) groups excluding carboxylic acids is 1. The quantitative estimate of drug-likeness (QED) is 0.425. The first-order valence-electron chi connectivity index (χ1n) is 9.27. The zero-order valence-corrected chi connectivity index (χ0v) is 18.4. The van der Waals surface area contributed by atoms with E-state index in [0.717, 1.165) is 17.3 Å². The van der Waals surface area contributed by atoms with Gasteiger partial charge in [0.1, 0.15) is 22.0 Å². The van der Waals surface area contributed by atoms with Gasteiger partial charge in [-0.2, -0.15) is 13.5 Å². The number of benzene rings is 3. The monoisotopic (exact) mass is 472 g/mol. The summed E-state index contributed by atoms with van der Waals surface area (Å²) >= 11 is 7.08. The lowest BCUT2D eigenvalue weighted by atomic mass is 10.1. The Kier molecular flexibility index (Phi) is 6.28. The molecule has 0 spiro atoms. The van der Waals surface area contributed by atoms with Gasteiger partial charge in [-0.25, -0.2) is 8.42 Å². The van der Waals surface area contributed by atoms with Crippen molar-refractivity contribution in [3.8, 4) is 0 Å². The van der Waals surface area contributed by atoms with Crippen LogP contribution in [0.15, 0.2) is 77.7 Å². The fraction of sp³-hybridized carbons (Fsp3) is 0.0952. The third kappa shape index (κ3) is 4.91. The van der Waals surface area contributed by atoms with Crippen molar-refractivity contribution in [2.75, 3.05) is 5.32 Å². The molecule has 0 aliphatic carbocycles. The maximum absolute atomic E-state index is 13.2. The second-order valence-corrected chi connectivity index (χ2v) is 9.34. The summed E-state index contributed by atoms with van der Waals surface area (Å²) in [6, 6.07) is 19.6. The Morgan fingerprint density at radius 2 is 1.71 bits per heavy atom. The molecule has 7 nitrogen and oxygen atoms in total. The Labute approximate surface area is 188 Å². The smallest absolute Gasteiger partial charge is 0.243 e. The van der Waals surface area contributed by atoms with Crippen LogP contribution in [0.25, 0.3) is 11.0 Å². The molecule has 1 amide bonds. The Morgan fingerprint density at radius 1 is 0.968 bits per heavy atom. The first-order valence-corrected chi connectivity index (χ1v) is 11.9. The minimum atomic E-state index is -4.06. The van der Waals surface area contributed by atoms with Gasteiger partial charge in [-0.05, 0) is 36.2 Å². The van der Waals surface area contributed by atoms with Gasteiger partial charge in [0.05, 0.1) is 22.4 Å². The van der Waals surface area contributed by atoms with Crippen LogP contribution in [0, 0.1) is 0 Å². The predicted molar refractivity (Wildman–Crippen MR) is 122 cm³/mol. The summed E-state index contributed by atoms with van der Waals surface area (Å²) in [5, 5.41) is 3.07. The van der Waals surface area contributed by atoms with E-state index in [1.165, 1.54) is 6.07 Å². The molecule has 0 unspecified atom stereocenters. The van der Waals surface area contributed by atoms with E-state index in [0.29, 0.717) is 16.2 Å². The topological polar surface area (TPSA) is 101 Å². The highest BCUT2D eigenvalue weighted by Crippen LogP contribution is 2.23. The minimum absolute atomic E-state index is 0.0256. The molecular weight excluding hydrogens is 456 g/mol. The van der Waals surface area contributed by atoms with Crippen LogP contribution in [0.5, 0.6) is 0 Å². The predicted octanol–water partition coefficient (Wildman–Crippen LogP) is 3.87. The van der Waals surface area contributed by atoms with Crippen LogP contribution >= 0.6 is 23.3 Å². The van der Waals surface area contributed by atoms with Crippen LogP contribution in [0.1, 0.15) is 5.56 Å². The highest BCUT2D eigenvalue weighted by atomic mass is 35.5. The maximum Gasteiger partial charge on any atom is 0.243 e. The van der Waals surface area contributed by atoms with Gasteiger partial charge in [-0.3, -0.25) is 4.79 Å². The van der Waals surface area contributed by atoms with E-state index in [1.54, 1.807) is 36.4 Å². The van der Waals surface area contributed by atoms with Crippen molar-refractivity contribution in [1.82, 2.24) is 13.5 Å². The van der Waals surface area contributed by atoms with E-state index in [4.69, 9.17) is 11.6 Å². The molecule has 0 fully saturated rings. The van der Waals surface area contributed by atoms with E-state index in [-0.39, 0.29) is 16.8 Å². The number of hydrogen-bond donors (Lipinski definition) is 2. The van der Waals surface area contributed by atoms with Crippen molar-refractivity contribution < 1.29 is 13.2 Å². The number of anilines is 1. The highest BCUT2D eigenvalue weighted by molar-refractivity contribution is 7.89. The molecule has 31 heavy (non-hydrogen) atoms. The number of carbonyl (C=O) groups is 1. The molecule has 0 saturated carbocycles. The van der Waals surface area contributed by atoms with Crippen molar-refractivity contribution >= 4 is 56.0 Å². The number of rotatable bonds is 7. The number of fused-ring (bicyclic) bond motifs is 1. The van der Waals surface area contributed by atoms with E-state index >= 15 is 0 Å². The molecule has 0 aliphatic rings. The number of sulfonamides is 1. The van der Waals surface area contributed by atoms with E-state index in [1.807, 2.05) is 30.3 Å². The summed E-state index contributed by atoms with van der Waals surface area (Å²) in [5.41, 5.74) is 1.95. The lowest BCUT2D eigenvalue weighted by Gasteiger charge is -2.19. The van der Waals surface area contributed by atoms with Crippen molar-refractivity contribution in [3.63, 3.8) is 0 Å². The Bertz CT molecular complexity index is 1330. The Hall–Kier alpha value is -2.85. The summed E-state index contributed by atoms with van der Waals surface area (Å²) in [6.07, 6.45) is 0.154. The third-order valence-corrected chi connectivity index (χ3v) is 6.94. The van der Waals surface area contributed by atoms with Crippen LogP contribution in [-0.4, -0.2) is 29.1 Å². The second kappa shape index (κ2) is 9.11. The first-order chi connectivity index (χ1) is 14.9. The lowest BCUT2D eigenvalue weighted by molar-refractivity contribution is -0.117. The number of halogens is 1. The molecule has 0 aliphatic heterocycles. The van der Waals surface area contributed by atoms with E-state index in [2.05, 4.69) is 18.8 Å². The van der Waals surface area contributed by atoms with Crippen molar-refractivity contribution in [2.24, 2.45) is 0 Å². The molecule has 0 radical (unpaired) electrons. The minimum Gasteiger partial charge on any atom is -0.323 e. The zero-order valence-electron chi connectivity index (χ0n) is 16.0. The fourth-order valence-corrected chi connectivity index (χ4v) is 5.21. The Morgan fingerprint density at radius 3 is 2.48 bits per heavy atom. The van der Waals surface area contributed by atoms with Gasteiger partial charge in [0.2, 0.25) is 15.9 Å². The Balaban J connectivity index is 1.66. The molecule has 1 heterocycles. The average Bonchev–Trinajstić information content (AvgIpc) is 3.24. The molecule has 4 aromatic rings. The first kappa shape index (κ1) is 21.4. The molecule has 10 heteroatoms. The van der Waals surface area contributed by atoms with Gasteiger partial charge in [0.15, 0.2) is 0 Å². The fourth-order valence-electron chi connectivity index (χ4n) is 3.07. The van der Waals surface area contributed by atoms with Gasteiger partial charge in [-0.1, -0.05) is 60.1 Å². The van der Waals surface area contributed by atoms with Crippen LogP contribution < -0.4 is 10.0 Å². The van der Waals surface area contributed by atoms with Gasteiger partial charge in [0, 0.05) is 0 Å². The summed E-state index contributed by atoms with van der Waals surface area (Å²) in [5.74, 6) is -0.524. The van der Waals surface area contributed by atoms with Crippen LogP contribution in [0.4, 0.5) is 5.69 Å². The number of amides is 1. The molecule has 0 bridgehead atoms. The summed E-state index contributed by atoms with van der Waals surface area (Å²) in [6.45, 7) is 0. The number of para-hydroxylation sites is 1. The maximum atomic E-state index is 13.2. The lowest BCUT2D eigenvalue weighted by Crippen LogP contribution is -2.45. The van der Waals surface area contributed by atoms with Crippen molar-refractivity contribution in [2.45, 2.75) is 17.4 Å². The van der Waals surface area contributed by atoms with Crippen LogP contribution in [0.3, 0.4) is 0 Å². The molecule has 1 aromatic heterocycles. The normalized spacial score (nSPS) is 12.5. The van der Waals surface area contributed by atoms with Gasteiger partial charge in [0.25, 0.3) is 0 Å². The van der Waals surface area contributed by atoms with Gasteiger partial charge < -0.3 is 5.32 Å². The molecule has 4 rings (SSSR count). The highest BCUT2D eigenvalue weighted by Gasteiger charge is 2.28. The molecule has 0 saturated heterocycles. The van der Waals surface area contributed by atoms with Crippen molar-refractivity contribution in [1.29, 1.82) is 0 Å². The SMILES string of the molecule is O=C(Nc1ccccc1Cl)[C@@H](Cc1ccccc1)NS(=O)(=O)c1cccc2nsnc12. The van der Waals surface area contributed by atoms with Gasteiger partial charge >= 0.3 is 0 Å². The molecule has 2 N–H and O–H groups in total. The third-order valence-electron chi connectivity index (χ3n) is 4.57. The molecular formula is C21H17ClN4O3S2. The molecule has 3 aromatic carbocycles. The average molecular weight is 473 g/mol. The number of hydrogen-bond acceptors (Lipinski definition) is 6. The largest absolute Gasteiger partial charge is 0.323 e. The zero-order chi connectivity index (χ0) is 21.8. The second-order valence-electron chi connectivity index (χ2n) is 6.72. The summed E-state index contributed by atoms with van der Waals surface area (Å²) in [7, 11) is -4.06. The summed E-state index contributed by atoms with van der Waals surface area (Å²) in [4.78, 5) is 13.0. The number of nitrogens with zero attached hydrogens (tertiary/aromatic N) is 2. The number of nitrogens with one attached hydrogen (secondary N) is 2. The molecule has 1 atom stereocenters. The van der Waals surface area contributed by atoms with E-state index < -0.39 is 22.0 Å². The van der Waals surface area contributed by atoms with Gasteiger partial charge in [-0.15, -0.1) is 0 Å². The standard InChI is InChI=1S/C21H17ClN4O3S2/c22-15-9-4-5-10-16(15)23-21(27)18(13-14-7-2-1-3-8-14)26-31(28,29)19-12-6-11-17-20(19)25-30-24-17/h1-12,18,26H,13H2,(H,23,27)/t18-/m1/s1. The van der Waals surface area contributed by atoms with Crippen molar-refractivity contribution in [3.05, 3.63) is 83.4 Å². The number of aromatic nitrogens is 2. The van der Waals surface area contributed by atoms with E-state index in [9.17, 15) is 13.2 Å². The van der Waals surface area contributed by atoms with Crippen LogP contribution in [-0.2, 0) is 21.2 Å². The van der Waals surface area contributed by atoms with Crippen LogP contribution in [0.2, 0.25) is 5.02 Å². The molecule has 158 valence electrons. The summed E-state index contributed by atoms with van der Waals surface area (Å²) < 4.78 is 37.1.